The molecule has 4 nitrogen and oxygen atoms in total. The number of carbonyl (C=O) groups is 2. The van der Waals surface area contributed by atoms with E-state index in [1.165, 1.54) is 6.07 Å². The predicted octanol–water partition coefficient (Wildman–Crippen LogP) is 5.54. The quantitative estimate of drug-likeness (QED) is 0.506. The summed E-state index contributed by atoms with van der Waals surface area (Å²) in [6.07, 6.45) is 1.13. The molecule has 1 atom stereocenters. The third-order valence-corrected chi connectivity index (χ3v) is 5.28. The van der Waals surface area contributed by atoms with Crippen LogP contribution in [-0.2, 0) is 17.6 Å². The van der Waals surface area contributed by atoms with Gasteiger partial charge in [-0.15, -0.1) is 0 Å². The van der Waals surface area contributed by atoms with Crippen molar-refractivity contribution in [1.29, 1.82) is 0 Å². The number of nitrogens with one attached hydrogen (secondary N) is 2. The molecule has 0 radical (unpaired) electrons. The highest BCUT2D eigenvalue weighted by atomic mass is 35.5. The first-order valence-electron chi connectivity index (χ1n) is 9.66. The summed E-state index contributed by atoms with van der Waals surface area (Å²) >= 11 is 12.1. The van der Waals surface area contributed by atoms with Crippen LogP contribution in [0.5, 0.6) is 0 Å². The fourth-order valence-electron chi connectivity index (χ4n) is 3.14. The van der Waals surface area contributed by atoms with Crippen molar-refractivity contribution in [2.75, 3.05) is 5.32 Å². The molecule has 30 heavy (non-hydrogen) atoms. The number of benzene rings is 3. The third kappa shape index (κ3) is 5.62. The van der Waals surface area contributed by atoms with Gasteiger partial charge in [0.2, 0.25) is 5.91 Å². The van der Waals surface area contributed by atoms with Gasteiger partial charge in [0.05, 0.1) is 10.6 Å². The number of aryl methyl sites for hydroxylation is 1. The summed E-state index contributed by atoms with van der Waals surface area (Å²) in [6, 6.07) is 21.0. The molecule has 154 valence electrons. The van der Waals surface area contributed by atoms with E-state index in [-0.39, 0.29) is 16.5 Å². The molecule has 0 spiro atoms. The van der Waals surface area contributed by atoms with Crippen molar-refractivity contribution in [3.63, 3.8) is 0 Å². The molecule has 0 aromatic heterocycles. The van der Waals surface area contributed by atoms with E-state index in [9.17, 15) is 9.59 Å². The lowest BCUT2D eigenvalue weighted by molar-refractivity contribution is -0.118. The molecule has 3 aromatic carbocycles. The maximum absolute atomic E-state index is 13.1. The average Bonchev–Trinajstić information content (AvgIpc) is 2.74. The second-order valence-electron chi connectivity index (χ2n) is 6.84. The van der Waals surface area contributed by atoms with Crippen LogP contribution < -0.4 is 10.6 Å². The number of amides is 2. The second kappa shape index (κ2) is 10.3. The standard InChI is InChI=1S/C24H22Cl2N2O2/c1-2-17-10-6-7-11-21(17)27-24(30)22(14-16-8-4-3-5-9-16)28-23(29)19-13-12-18(25)15-20(19)26/h3-13,15,22H,2,14H2,1H3,(H,27,30)(H,28,29)/t22-/m1/s1. The summed E-state index contributed by atoms with van der Waals surface area (Å²) < 4.78 is 0. The minimum absolute atomic E-state index is 0.232. The highest BCUT2D eigenvalue weighted by Gasteiger charge is 2.23. The Hall–Kier alpha value is -2.82. The van der Waals surface area contributed by atoms with Crippen molar-refractivity contribution < 1.29 is 9.59 Å². The van der Waals surface area contributed by atoms with Crippen LogP contribution in [0.15, 0.2) is 72.8 Å². The van der Waals surface area contributed by atoms with Gasteiger partial charge in [-0.3, -0.25) is 9.59 Å². The van der Waals surface area contributed by atoms with Gasteiger partial charge in [0.15, 0.2) is 0 Å². The lowest BCUT2D eigenvalue weighted by Crippen LogP contribution is -2.45. The summed E-state index contributed by atoms with van der Waals surface area (Å²) in [5.74, 6) is -0.727. The van der Waals surface area contributed by atoms with Gasteiger partial charge in [0.25, 0.3) is 5.91 Å². The molecule has 0 heterocycles. The Labute approximate surface area is 186 Å². The molecule has 0 unspecified atom stereocenters. The lowest BCUT2D eigenvalue weighted by Gasteiger charge is -2.20. The predicted molar refractivity (Wildman–Crippen MR) is 122 cm³/mol. The Balaban J connectivity index is 1.84. The second-order valence-corrected chi connectivity index (χ2v) is 7.68. The minimum Gasteiger partial charge on any atom is -0.340 e. The highest BCUT2D eigenvalue weighted by Crippen LogP contribution is 2.21. The van der Waals surface area contributed by atoms with Crippen LogP contribution in [-0.4, -0.2) is 17.9 Å². The number of rotatable bonds is 7. The third-order valence-electron chi connectivity index (χ3n) is 4.74. The molecule has 0 aliphatic heterocycles. The largest absolute Gasteiger partial charge is 0.340 e. The summed E-state index contributed by atoms with van der Waals surface area (Å²) in [6.45, 7) is 2.02. The Bertz CT molecular complexity index is 1040. The topological polar surface area (TPSA) is 58.2 Å². The van der Waals surface area contributed by atoms with Crippen molar-refractivity contribution in [3.05, 3.63) is 99.5 Å². The van der Waals surface area contributed by atoms with Crippen molar-refractivity contribution >= 4 is 40.7 Å². The van der Waals surface area contributed by atoms with Crippen LogP contribution in [0, 0.1) is 0 Å². The van der Waals surface area contributed by atoms with Gasteiger partial charge in [0.1, 0.15) is 6.04 Å². The van der Waals surface area contributed by atoms with E-state index >= 15 is 0 Å². The molecule has 0 fully saturated rings. The number of hydrogen-bond acceptors (Lipinski definition) is 2. The van der Waals surface area contributed by atoms with Crippen molar-refractivity contribution in [2.24, 2.45) is 0 Å². The van der Waals surface area contributed by atoms with Gasteiger partial charge >= 0.3 is 0 Å². The zero-order chi connectivity index (χ0) is 21.5. The van der Waals surface area contributed by atoms with Crippen LogP contribution in [0.2, 0.25) is 10.0 Å². The minimum atomic E-state index is -0.781. The molecular formula is C24H22Cl2N2O2. The normalized spacial score (nSPS) is 11.6. The molecule has 0 saturated heterocycles. The van der Waals surface area contributed by atoms with E-state index in [2.05, 4.69) is 10.6 Å². The van der Waals surface area contributed by atoms with Crippen LogP contribution in [0.1, 0.15) is 28.4 Å². The molecule has 0 aliphatic carbocycles. The fourth-order valence-corrected chi connectivity index (χ4v) is 3.63. The van der Waals surface area contributed by atoms with Gasteiger partial charge in [0, 0.05) is 17.1 Å². The summed E-state index contributed by atoms with van der Waals surface area (Å²) in [4.78, 5) is 25.9. The maximum atomic E-state index is 13.1. The zero-order valence-electron chi connectivity index (χ0n) is 16.5. The maximum Gasteiger partial charge on any atom is 0.253 e. The highest BCUT2D eigenvalue weighted by molar-refractivity contribution is 6.36. The van der Waals surface area contributed by atoms with E-state index in [1.807, 2.05) is 61.5 Å². The summed E-state index contributed by atoms with van der Waals surface area (Å²) in [7, 11) is 0. The van der Waals surface area contributed by atoms with Crippen LogP contribution in [0.3, 0.4) is 0 Å². The Morgan fingerprint density at radius 1 is 0.933 bits per heavy atom. The molecule has 2 N–H and O–H groups in total. The molecule has 0 aliphatic rings. The van der Waals surface area contributed by atoms with Crippen molar-refractivity contribution in [1.82, 2.24) is 5.32 Å². The fraction of sp³-hybridized carbons (Fsp3) is 0.167. The Morgan fingerprint density at radius 3 is 2.33 bits per heavy atom. The van der Waals surface area contributed by atoms with Crippen LogP contribution in [0.25, 0.3) is 0 Å². The number of halogens is 2. The van der Waals surface area contributed by atoms with Gasteiger partial charge in [-0.25, -0.2) is 0 Å². The molecule has 6 heteroatoms. The first-order valence-corrected chi connectivity index (χ1v) is 10.4. The monoisotopic (exact) mass is 440 g/mol. The first kappa shape index (κ1) is 21.9. The van der Waals surface area contributed by atoms with E-state index < -0.39 is 11.9 Å². The first-order chi connectivity index (χ1) is 14.5. The van der Waals surface area contributed by atoms with Crippen molar-refractivity contribution in [3.8, 4) is 0 Å². The molecule has 0 bridgehead atoms. The SMILES string of the molecule is CCc1ccccc1NC(=O)[C@@H](Cc1ccccc1)NC(=O)c1ccc(Cl)cc1Cl. The van der Waals surface area contributed by atoms with Crippen LogP contribution in [0.4, 0.5) is 5.69 Å². The summed E-state index contributed by atoms with van der Waals surface area (Å²) in [5, 5.41) is 6.44. The zero-order valence-corrected chi connectivity index (χ0v) is 18.0. The lowest BCUT2D eigenvalue weighted by atomic mass is 10.0. The smallest absolute Gasteiger partial charge is 0.253 e. The van der Waals surface area contributed by atoms with Crippen molar-refractivity contribution in [2.45, 2.75) is 25.8 Å². The number of carbonyl (C=O) groups excluding carboxylic acids is 2. The average molecular weight is 441 g/mol. The van der Waals surface area contributed by atoms with E-state index in [1.54, 1.807) is 12.1 Å². The van der Waals surface area contributed by atoms with Gasteiger partial charge in [-0.1, -0.05) is 78.7 Å². The van der Waals surface area contributed by atoms with E-state index in [0.29, 0.717) is 11.4 Å². The molecule has 3 aromatic rings. The Kier molecular flexibility index (Phi) is 7.50. The van der Waals surface area contributed by atoms with Gasteiger partial charge in [-0.05, 0) is 41.8 Å². The molecule has 3 rings (SSSR count). The van der Waals surface area contributed by atoms with E-state index in [0.717, 1.165) is 23.2 Å². The van der Waals surface area contributed by atoms with Crippen LogP contribution >= 0.6 is 23.2 Å². The van der Waals surface area contributed by atoms with Gasteiger partial charge < -0.3 is 10.6 Å². The number of para-hydroxylation sites is 1. The molecular weight excluding hydrogens is 419 g/mol. The Morgan fingerprint density at radius 2 is 1.63 bits per heavy atom. The number of anilines is 1. The molecule has 0 saturated carbocycles. The summed E-state index contributed by atoms with van der Waals surface area (Å²) in [5.41, 5.74) is 2.96. The molecule has 2 amide bonds. The number of hydrogen-bond donors (Lipinski definition) is 2. The van der Waals surface area contributed by atoms with Gasteiger partial charge in [-0.2, -0.15) is 0 Å². The van der Waals surface area contributed by atoms with E-state index in [4.69, 9.17) is 23.2 Å².